The van der Waals surface area contributed by atoms with Gasteiger partial charge in [0.05, 0.1) is 5.69 Å². The first-order valence-electron chi connectivity index (χ1n) is 14.5. The molecule has 5 rings (SSSR count). The third kappa shape index (κ3) is 5.24. The van der Waals surface area contributed by atoms with Crippen molar-refractivity contribution in [3.63, 3.8) is 0 Å². The Hall–Kier alpha value is -3.65. The molecule has 0 saturated carbocycles. The van der Waals surface area contributed by atoms with E-state index in [1.807, 2.05) is 4.90 Å². The Bertz CT molecular complexity index is 1590. The van der Waals surface area contributed by atoms with Crippen LogP contribution in [-0.4, -0.2) is 12.5 Å². The fourth-order valence-electron chi connectivity index (χ4n) is 5.91. The Kier molecular flexibility index (Phi) is 6.81. The van der Waals surface area contributed by atoms with Crippen LogP contribution in [0, 0.1) is 0 Å². The molecule has 0 aliphatic carbocycles. The molecule has 1 saturated heterocycles. The summed E-state index contributed by atoms with van der Waals surface area (Å²) < 4.78 is 0. The normalized spacial score (nSPS) is 14.0. The van der Waals surface area contributed by atoms with Crippen LogP contribution in [0.4, 0.5) is 5.69 Å². The molecule has 4 aromatic carbocycles. The number of nitrogens with zero attached hydrogens (tertiary/aromatic N) is 1. The number of hydrogen-bond donors (Lipinski definition) is 0. The van der Waals surface area contributed by atoms with Crippen molar-refractivity contribution in [2.45, 2.75) is 78.6 Å². The number of rotatable bonds is 4. The first kappa shape index (κ1) is 27.9. The van der Waals surface area contributed by atoms with E-state index in [1.165, 1.54) is 44.5 Å². The molecule has 2 heteroatoms. The number of benzene rings is 4. The van der Waals surface area contributed by atoms with E-state index in [4.69, 9.17) is 0 Å². The van der Waals surface area contributed by atoms with Gasteiger partial charge in [0.2, 0.25) is 5.91 Å². The van der Waals surface area contributed by atoms with Crippen LogP contribution in [0.15, 0.2) is 84.9 Å². The zero-order valence-electron chi connectivity index (χ0n) is 25.6. The summed E-state index contributed by atoms with van der Waals surface area (Å²) >= 11 is 0. The van der Waals surface area contributed by atoms with Crippen molar-refractivity contribution < 1.29 is 4.79 Å². The second-order valence-electron chi connectivity index (χ2n) is 14.3. The number of carbonyl (C=O) groups excluding carboxylic acids is 1. The molecular formula is C38H43NO. The van der Waals surface area contributed by atoms with Crippen molar-refractivity contribution in [3.8, 4) is 33.4 Å². The predicted molar refractivity (Wildman–Crippen MR) is 171 cm³/mol. The Labute approximate surface area is 241 Å². The van der Waals surface area contributed by atoms with Crippen LogP contribution in [0.2, 0.25) is 0 Å². The highest BCUT2D eigenvalue weighted by molar-refractivity contribution is 6.15. The summed E-state index contributed by atoms with van der Waals surface area (Å²) in [6, 6.07) is 30.9. The summed E-state index contributed by atoms with van der Waals surface area (Å²) in [5, 5.41) is 0. The van der Waals surface area contributed by atoms with Gasteiger partial charge in [-0.1, -0.05) is 135 Å². The second kappa shape index (κ2) is 9.77. The average molecular weight is 530 g/mol. The molecule has 0 N–H and O–H groups in total. The number of amides is 1. The molecule has 4 aromatic rings. The van der Waals surface area contributed by atoms with E-state index < -0.39 is 0 Å². The molecule has 2 nitrogen and oxygen atoms in total. The van der Waals surface area contributed by atoms with Crippen LogP contribution < -0.4 is 4.90 Å². The molecule has 0 atom stereocenters. The summed E-state index contributed by atoms with van der Waals surface area (Å²) in [7, 11) is 0. The minimum atomic E-state index is -0.0439. The lowest BCUT2D eigenvalue weighted by Crippen LogP contribution is -2.15. The zero-order chi connectivity index (χ0) is 29.0. The number of carbonyl (C=O) groups is 1. The largest absolute Gasteiger partial charge is 0.301 e. The first-order valence-corrected chi connectivity index (χ1v) is 14.5. The highest BCUT2D eigenvalue weighted by atomic mass is 16.2. The maximum atomic E-state index is 12.7. The fourth-order valence-corrected chi connectivity index (χ4v) is 5.91. The van der Waals surface area contributed by atoms with Gasteiger partial charge >= 0.3 is 0 Å². The molecule has 0 spiro atoms. The van der Waals surface area contributed by atoms with Crippen molar-refractivity contribution in [1.82, 2.24) is 0 Å². The third-order valence-corrected chi connectivity index (χ3v) is 7.99. The Balaban J connectivity index is 1.93. The number of hydrogen-bond acceptors (Lipinski definition) is 1. The van der Waals surface area contributed by atoms with E-state index >= 15 is 0 Å². The molecule has 40 heavy (non-hydrogen) atoms. The van der Waals surface area contributed by atoms with E-state index in [9.17, 15) is 4.79 Å². The van der Waals surface area contributed by atoms with Gasteiger partial charge < -0.3 is 4.90 Å². The predicted octanol–water partition coefficient (Wildman–Crippen LogP) is 9.93. The first-order chi connectivity index (χ1) is 18.7. The quantitative estimate of drug-likeness (QED) is 0.241. The SMILES string of the molecule is CC(C)(C)c1ccccc1-c1cc(-c2ccccc2C(C)(C)C)c(N2CC2=O)cc1-c1ccccc1C(C)(C)C. The van der Waals surface area contributed by atoms with Crippen LogP contribution in [0.3, 0.4) is 0 Å². The summed E-state index contributed by atoms with van der Waals surface area (Å²) in [5.41, 5.74) is 11.9. The molecule has 206 valence electrons. The summed E-state index contributed by atoms with van der Waals surface area (Å²) in [6.45, 7) is 20.9. The molecule has 0 aromatic heterocycles. The van der Waals surface area contributed by atoms with Crippen molar-refractivity contribution >= 4 is 11.6 Å². The van der Waals surface area contributed by atoms with E-state index in [0.29, 0.717) is 6.54 Å². The molecule has 0 radical (unpaired) electrons. The van der Waals surface area contributed by atoms with E-state index in [1.54, 1.807) is 0 Å². The maximum Gasteiger partial charge on any atom is 0.247 e. The molecular weight excluding hydrogens is 486 g/mol. The summed E-state index contributed by atoms with van der Waals surface area (Å²) in [5.74, 6) is 0.174. The highest BCUT2D eigenvalue weighted by Gasteiger charge is 2.36. The van der Waals surface area contributed by atoms with E-state index in [2.05, 4.69) is 147 Å². The lowest BCUT2D eigenvalue weighted by atomic mass is 9.76. The van der Waals surface area contributed by atoms with Gasteiger partial charge in [0.25, 0.3) is 0 Å². The molecule has 0 bridgehead atoms. The van der Waals surface area contributed by atoms with Crippen LogP contribution >= 0.6 is 0 Å². The Morgan fingerprint density at radius 2 is 0.800 bits per heavy atom. The van der Waals surface area contributed by atoms with Gasteiger partial charge in [0.15, 0.2) is 0 Å². The highest BCUT2D eigenvalue weighted by Crippen LogP contribution is 2.48. The van der Waals surface area contributed by atoms with Crippen LogP contribution in [0.25, 0.3) is 33.4 Å². The molecule has 1 amide bonds. The summed E-state index contributed by atoms with van der Waals surface area (Å²) in [4.78, 5) is 14.6. The second-order valence-corrected chi connectivity index (χ2v) is 14.3. The Morgan fingerprint density at radius 1 is 0.475 bits per heavy atom. The van der Waals surface area contributed by atoms with E-state index in [-0.39, 0.29) is 22.2 Å². The summed E-state index contributed by atoms with van der Waals surface area (Å²) in [6.07, 6.45) is 0. The zero-order valence-corrected chi connectivity index (χ0v) is 25.6. The lowest BCUT2D eigenvalue weighted by Gasteiger charge is -2.29. The van der Waals surface area contributed by atoms with Crippen molar-refractivity contribution in [3.05, 3.63) is 102 Å². The molecule has 1 aliphatic rings. The minimum Gasteiger partial charge on any atom is -0.301 e. The standard InChI is InChI=1S/C38H43NO/c1-36(2,3)31-19-13-10-16-25(31)28-22-30(27-18-12-15-21-33(27)38(7,8)9)34(39-24-35(39)40)23-29(28)26-17-11-14-20-32(26)37(4,5)6/h10-23H,24H2,1-9H3. The minimum absolute atomic E-state index is 0.0322. The monoisotopic (exact) mass is 529 g/mol. The fraction of sp³-hybridized carbons (Fsp3) is 0.342. The van der Waals surface area contributed by atoms with Crippen LogP contribution in [-0.2, 0) is 21.0 Å². The van der Waals surface area contributed by atoms with Crippen molar-refractivity contribution in [1.29, 1.82) is 0 Å². The smallest absolute Gasteiger partial charge is 0.247 e. The van der Waals surface area contributed by atoms with Gasteiger partial charge in [-0.25, -0.2) is 0 Å². The third-order valence-electron chi connectivity index (χ3n) is 7.99. The molecule has 0 unspecified atom stereocenters. The molecule has 1 heterocycles. The number of anilines is 1. The van der Waals surface area contributed by atoms with E-state index in [0.717, 1.165) is 11.3 Å². The van der Waals surface area contributed by atoms with Gasteiger partial charge in [-0.3, -0.25) is 4.79 Å². The van der Waals surface area contributed by atoms with Crippen molar-refractivity contribution in [2.75, 3.05) is 11.4 Å². The maximum absolute atomic E-state index is 12.7. The van der Waals surface area contributed by atoms with Gasteiger partial charge in [0, 0.05) is 5.56 Å². The van der Waals surface area contributed by atoms with Crippen LogP contribution in [0.5, 0.6) is 0 Å². The topological polar surface area (TPSA) is 20.1 Å². The molecule has 1 fully saturated rings. The van der Waals surface area contributed by atoms with Gasteiger partial charge in [0.1, 0.15) is 6.54 Å². The lowest BCUT2D eigenvalue weighted by molar-refractivity contribution is -0.109. The van der Waals surface area contributed by atoms with Crippen molar-refractivity contribution in [2.24, 2.45) is 0 Å². The van der Waals surface area contributed by atoms with Gasteiger partial charge in [-0.05, 0) is 72.9 Å². The Morgan fingerprint density at radius 3 is 1.15 bits per heavy atom. The van der Waals surface area contributed by atoms with Gasteiger partial charge in [-0.15, -0.1) is 0 Å². The average Bonchev–Trinajstić information content (AvgIpc) is 3.62. The van der Waals surface area contributed by atoms with Gasteiger partial charge in [-0.2, -0.15) is 0 Å². The van der Waals surface area contributed by atoms with Crippen LogP contribution in [0.1, 0.15) is 79.0 Å². The molecule has 1 aliphatic heterocycles.